The Morgan fingerprint density at radius 3 is 2.41 bits per heavy atom. The van der Waals surface area contributed by atoms with Crippen LogP contribution in [-0.4, -0.2) is 107 Å². The summed E-state index contributed by atoms with van der Waals surface area (Å²) in [6.45, 7) is 5.59. The molecule has 0 spiro atoms. The Hall–Kier alpha value is -3.94. The summed E-state index contributed by atoms with van der Waals surface area (Å²) < 4.78 is 37.6. The van der Waals surface area contributed by atoms with E-state index in [0.29, 0.717) is 13.1 Å². The molecule has 4 N–H and O–H groups in total. The summed E-state index contributed by atoms with van der Waals surface area (Å²) in [5.74, 6) is -2.06. The SMILES string of the molecule is CN1CCN(CC(O)COc2ccc(-c3cc(-c4cc5c([nH]4)CCNC5=O)ccn3)cc2)CC1.O=C(O)C(F)(F)F. The zero-order chi connectivity index (χ0) is 29.6. The Kier molecular flexibility index (Phi) is 9.63. The molecule has 1 aromatic carbocycles. The number of carboxylic acids is 1. The predicted molar refractivity (Wildman–Crippen MR) is 145 cm³/mol. The monoisotopic (exact) mass is 575 g/mol. The van der Waals surface area contributed by atoms with Crippen molar-refractivity contribution in [1.29, 1.82) is 0 Å². The van der Waals surface area contributed by atoms with Crippen molar-refractivity contribution < 1.29 is 37.7 Å². The highest BCUT2D eigenvalue weighted by molar-refractivity contribution is 5.97. The summed E-state index contributed by atoms with van der Waals surface area (Å²) in [5.41, 5.74) is 5.42. The molecule has 1 fully saturated rings. The van der Waals surface area contributed by atoms with Gasteiger partial charge in [-0.1, -0.05) is 0 Å². The number of likely N-dealkylation sites (N-methyl/N-ethyl adjacent to an activating group) is 1. The molecule has 0 radical (unpaired) electrons. The number of aliphatic hydroxyl groups is 1. The third-order valence-electron chi connectivity index (χ3n) is 6.78. The van der Waals surface area contributed by atoms with Gasteiger partial charge in [-0.2, -0.15) is 13.2 Å². The highest BCUT2D eigenvalue weighted by Gasteiger charge is 2.38. The first kappa shape index (κ1) is 30.0. The number of aliphatic carboxylic acids is 1. The zero-order valence-electron chi connectivity index (χ0n) is 22.4. The number of carboxylic acid groups (broad SMARTS) is 1. The minimum Gasteiger partial charge on any atom is -0.491 e. The molecule has 10 nitrogen and oxygen atoms in total. The molecule has 5 rings (SSSR count). The molecule has 1 unspecified atom stereocenters. The second-order valence-corrected chi connectivity index (χ2v) is 9.91. The third-order valence-corrected chi connectivity index (χ3v) is 6.78. The number of ether oxygens (including phenoxy) is 1. The number of aromatic amines is 1. The normalized spacial score (nSPS) is 16.7. The van der Waals surface area contributed by atoms with Gasteiger partial charge < -0.3 is 30.2 Å². The number of carbonyl (C=O) groups excluding carboxylic acids is 1. The van der Waals surface area contributed by atoms with E-state index in [4.69, 9.17) is 14.6 Å². The summed E-state index contributed by atoms with van der Waals surface area (Å²) in [7, 11) is 2.12. The van der Waals surface area contributed by atoms with Crippen LogP contribution >= 0.6 is 0 Å². The quantitative estimate of drug-likeness (QED) is 0.338. The number of β-amino-alcohol motifs (C(OH)–C–C–N with tert-alkyl or cyclic N) is 1. The number of carbonyl (C=O) groups is 2. The summed E-state index contributed by atoms with van der Waals surface area (Å²) in [5, 5.41) is 20.4. The van der Waals surface area contributed by atoms with Crippen molar-refractivity contribution in [3.8, 4) is 28.3 Å². The molecule has 0 aliphatic carbocycles. The Morgan fingerprint density at radius 1 is 1.10 bits per heavy atom. The van der Waals surface area contributed by atoms with Crippen LogP contribution in [0.15, 0.2) is 48.7 Å². The molecule has 0 bridgehead atoms. The predicted octanol–water partition coefficient (Wildman–Crippen LogP) is 2.65. The molecule has 2 aliphatic rings. The zero-order valence-corrected chi connectivity index (χ0v) is 22.4. The number of aromatic nitrogens is 2. The summed E-state index contributed by atoms with van der Waals surface area (Å²) in [4.78, 5) is 33.5. The minimum absolute atomic E-state index is 0.0257. The Bertz CT molecular complexity index is 1340. The van der Waals surface area contributed by atoms with Crippen molar-refractivity contribution in [2.45, 2.75) is 18.7 Å². The van der Waals surface area contributed by atoms with Gasteiger partial charge in [0.2, 0.25) is 0 Å². The first-order chi connectivity index (χ1) is 19.5. The van der Waals surface area contributed by atoms with Crippen molar-refractivity contribution >= 4 is 11.9 Å². The number of hydrogen-bond acceptors (Lipinski definition) is 7. The van der Waals surface area contributed by atoms with Gasteiger partial charge in [-0.05, 0) is 49.5 Å². The van der Waals surface area contributed by atoms with E-state index < -0.39 is 18.2 Å². The molecule has 1 saturated heterocycles. The van der Waals surface area contributed by atoms with E-state index in [1.165, 1.54) is 0 Å². The van der Waals surface area contributed by atoms with E-state index in [0.717, 1.165) is 72.1 Å². The number of fused-ring (bicyclic) bond motifs is 1. The molecular formula is C28H32F3N5O5. The lowest BCUT2D eigenvalue weighted by Gasteiger charge is -2.33. The van der Waals surface area contributed by atoms with Crippen LogP contribution in [0.3, 0.4) is 0 Å². The van der Waals surface area contributed by atoms with Gasteiger partial charge in [0, 0.05) is 74.4 Å². The second-order valence-electron chi connectivity index (χ2n) is 9.91. The molecule has 1 atom stereocenters. The van der Waals surface area contributed by atoms with Crippen molar-refractivity contribution in [2.24, 2.45) is 0 Å². The van der Waals surface area contributed by atoms with Crippen LogP contribution in [0.25, 0.3) is 22.5 Å². The van der Waals surface area contributed by atoms with E-state index in [9.17, 15) is 23.1 Å². The van der Waals surface area contributed by atoms with Crippen LogP contribution < -0.4 is 10.1 Å². The average Bonchev–Trinajstić information content (AvgIpc) is 3.39. The maximum absolute atomic E-state index is 12.1. The van der Waals surface area contributed by atoms with Crippen molar-refractivity contribution in [3.05, 3.63) is 59.9 Å². The fourth-order valence-corrected chi connectivity index (χ4v) is 4.50. The van der Waals surface area contributed by atoms with Crippen LogP contribution in [0, 0.1) is 0 Å². The highest BCUT2D eigenvalue weighted by atomic mass is 19.4. The van der Waals surface area contributed by atoms with Gasteiger partial charge in [-0.25, -0.2) is 4.79 Å². The number of hydrogen-bond donors (Lipinski definition) is 4. The molecule has 1 amide bonds. The molecule has 13 heteroatoms. The van der Waals surface area contributed by atoms with E-state index in [2.05, 4.69) is 32.1 Å². The minimum atomic E-state index is -5.08. The van der Waals surface area contributed by atoms with Gasteiger partial charge >= 0.3 is 12.1 Å². The molecule has 2 aliphatic heterocycles. The first-order valence-corrected chi connectivity index (χ1v) is 13.1. The largest absolute Gasteiger partial charge is 0.491 e. The molecule has 4 heterocycles. The molecule has 41 heavy (non-hydrogen) atoms. The van der Waals surface area contributed by atoms with Gasteiger partial charge in [0.05, 0.1) is 11.3 Å². The third kappa shape index (κ3) is 8.28. The number of benzene rings is 1. The number of H-pyrrole nitrogens is 1. The van der Waals surface area contributed by atoms with Gasteiger partial charge in [0.15, 0.2) is 0 Å². The summed E-state index contributed by atoms with van der Waals surface area (Å²) >= 11 is 0. The van der Waals surface area contributed by atoms with Crippen molar-refractivity contribution in [3.63, 3.8) is 0 Å². The number of pyridine rings is 1. The lowest BCUT2D eigenvalue weighted by Crippen LogP contribution is -2.47. The van der Waals surface area contributed by atoms with Crippen LogP contribution in [0.4, 0.5) is 13.2 Å². The van der Waals surface area contributed by atoms with E-state index >= 15 is 0 Å². The Balaban J connectivity index is 0.000000493. The van der Waals surface area contributed by atoms with Crippen LogP contribution in [-0.2, 0) is 11.2 Å². The number of amides is 1. The Morgan fingerprint density at radius 2 is 1.78 bits per heavy atom. The molecule has 2 aromatic heterocycles. The van der Waals surface area contributed by atoms with E-state index in [1.807, 2.05) is 42.5 Å². The topological polar surface area (TPSA) is 131 Å². The lowest BCUT2D eigenvalue weighted by atomic mass is 10.1. The maximum atomic E-state index is 12.1. The van der Waals surface area contributed by atoms with Gasteiger partial charge in [0.25, 0.3) is 5.91 Å². The van der Waals surface area contributed by atoms with E-state index in [1.54, 1.807) is 6.20 Å². The first-order valence-electron chi connectivity index (χ1n) is 13.1. The van der Waals surface area contributed by atoms with Crippen LogP contribution in [0.5, 0.6) is 5.75 Å². The number of halogens is 3. The number of alkyl halides is 3. The molecular weight excluding hydrogens is 543 g/mol. The molecule has 0 saturated carbocycles. The maximum Gasteiger partial charge on any atom is 0.490 e. The number of rotatable bonds is 7. The van der Waals surface area contributed by atoms with Gasteiger partial charge in [-0.15, -0.1) is 0 Å². The Labute approximate surface area is 234 Å². The molecule has 220 valence electrons. The summed E-state index contributed by atoms with van der Waals surface area (Å²) in [6.07, 6.45) is -3.01. The number of nitrogens with zero attached hydrogens (tertiary/aromatic N) is 3. The van der Waals surface area contributed by atoms with Crippen molar-refractivity contribution in [1.82, 2.24) is 25.1 Å². The van der Waals surface area contributed by atoms with Gasteiger partial charge in [0.1, 0.15) is 18.5 Å². The molecule has 3 aromatic rings. The highest BCUT2D eigenvalue weighted by Crippen LogP contribution is 2.28. The standard InChI is InChI=1S/C26H31N5O3.C2HF3O2/c1-30-10-12-31(13-11-30)16-20(32)17-34-21-4-2-18(3-5-21)24-14-19(6-8-27-24)25-15-22-23(29-25)7-9-28-26(22)33;3-2(4,5)1(6)7/h2-6,8,14-15,20,29,32H,7,9-13,16-17H2,1H3,(H,28,33);(H,6,7). The van der Waals surface area contributed by atoms with Crippen LogP contribution in [0.1, 0.15) is 16.1 Å². The van der Waals surface area contributed by atoms with Crippen LogP contribution in [0.2, 0.25) is 0 Å². The number of aliphatic hydroxyl groups excluding tert-OH is 1. The van der Waals surface area contributed by atoms with Crippen molar-refractivity contribution in [2.75, 3.05) is 52.9 Å². The number of piperazine rings is 1. The summed E-state index contributed by atoms with van der Waals surface area (Å²) in [6, 6.07) is 13.6. The number of nitrogens with one attached hydrogen (secondary N) is 2. The average molecular weight is 576 g/mol. The van der Waals surface area contributed by atoms with E-state index in [-0.39, 0.29) is 12.5 Å². The fraction of sp³-hybridized carbons (Fsp3) is 0.393. The second kappa shape index (κ2) is 13.1. The smallest absolute Gasteiger partial charge is 0.490 e. The van der Waals surface area contributed by atoms with Gasteiger partial charge in [-0.3, -0.25) is 14.7 Å². The fourth-order valence-electron chi connectivity index (χ4n) is 4.50. The lowest BCUT2D eigenvalue weighted by molar-refractivity contribution is -0.192.